The third-order valence-corrected chi connectivity index (χ3v) is 4.21. The molecule has 0 saturated heterocycles. The van der Waals surface area contributed by atoms with Crippen LogP contribution in [0.25, 0.3) is 5.69 Å². The Morgan fingerprint density at radius 1 is 1.12 bits per heavy atom. The second-order valence-electron chi connectivity index (χ2n) is 5.22. The van der Waals surface area contributed by atoms with E-state index >= 15 is 0 Å². The van der Waals surface area contributed by atoms with E-state index in [1.54, 1.807) is 25.2 Å². The molecule has 1 aromatic carbocycles. The molecule has 25 heavy (non-hydrogen) atoms. The van der Waals surface area contributed by atoms with E-state index in [9.17, 15) is 9.59 Å². The molecule has 0 aliphatic rings. The van der Waals surface area contributed by atoms with Crippen LogP contribution in [0.3, 0.4) is 0 Å². The van der Waals surface area contributed by atoms with Crippen LogP contribution in [0.4, 0.5) is 5.69 Å². The average molecular weight is 398 g/mol. The molecular weight excluding hydrogens is 387 g/mol. The number of hydrogen-bond donors (Lipinski definition) is 1. The molecule has 0 aliphatic heterocycles. The normalized spacial score (nSPS) is 10.7. The number of benzene rings is 1. The number of halogens is 3. The highest BCUT2D eigenvalue weighted by atomic mass is 35.5. The Bertz CT molecular complexity index is 1000. The lowest BCUT2D eigenvalue weighted by molar-refractivity contribution is 0.102. The molecule has 9 heteroatoms. The fourth-order valence-corrected chi connectivity index (χ4v) is 2.93. The van der Waals surface area contributed by atoms with Crippen LogP contribution in [-0.2, 0) is 7.05 Å². The number of nitrogens with zero attached hydrogens (tertiary/aromatic N) is 3. The Labute approximate surface area is 157 Å². The molecule has 2 heterocycles. The zero-order chi connectivity index (χ0) is 18.1. The second kappa shape index (κ2) is 6.92. The number of nitrogens with one attached hydrogen (secondary N) is 1. The number of rotatable bonds is 3. The van der Waals surface area contributed by atoms with Crippen molar-refractivity contribution in [3.63, 3.8) is 0 Å². The van der Waals surface area contributed by atoms with Gasteiger partial charge in [-0.2, -0.15) is 5.10 Å². The summed E-state index contributed by atoms with van der Waals surface area (Å²) in [4.78, 5) is 23.9. The van der Waals surface area contributed by atoms with Crippen LogP contribution in [-0.4, -0.2) is 20.3 Å². The van der Waals surface area contributed by atoms with Gasteiger partial charge in [-0.15, -0.1) is 0 Å². The SMILES string of the molecule is Cn1cc(NC(=O)c2cnn(-c3ccc(Cl)cc3Cl)c2)cc(Cl)c1=O. The van der Waals surface area contributed by atoms with E-state index in [1.807, 2.05) is 0 Å². The molecule has 0 radical (unpaired) electrons. The summed E-state index contributed by atoms with van der Waals surface area (Å²) in [6.45, 7) is 0. The number of aromatic nitrogens is 3. The number of anilines is 1. The number of carbonyl (C=O) groups is 1. The minimum absolute atomic E-state index is 0.0175. The van der Waals surface area contributed by atoms with Crippen molar-refractivity contribution in [2.45, 2.75) is 0 Å². The maximum Gasteiger partial charge on any atom is 0.269 e. The summed E-state index contributed by atoms with van der Waals surface area (Å²) in [6.07, 6.45) is 4.42. The number of pyridine rings is 1. The lowest BCUT2D eigenvalue weighted by Crippen LogP contribution is -2.19. The quantitative estimate of drug-likeness (QED) is 0.731. The van der Waals surface area contributed by atoms with Gasteiger partial charge in [0.15, 0.2) is 0 Å². The summed E-state index contributed by atoms with van der Waals surface area (Å²) in [5.41, 5.74) is 0.963. The van der Waals surface area contributed by atoms with Crippen LogP contribution >= 0.6 is 34.8 Å². The molecule has 0 aliphatic carbocycles. The summed E-state index contributed by atoms with van der Waals surface area (Å²) in [6, 6.07) is 6.36. The molecule has 128 valence electrons. The van der Waals surface area contributed by atoms with Gasteiger partial charge in [0.05, 0.1) is 28.2 Å². The summed E-state index contributed by atoms with van der Waals surface area (Å²) in [5.74, 6) is -0.397. The fourth-order valence-electron chi connectivity index (χ4n) is 2.18. The van der Waals surface area contributed by atoms with Crippen molar-refractivity contribution in [2.24, 2.45) is 7.05 Å². The van der Waals surface area contributed by atoms with Crippen LogP contribution in [0, 0.1) is 0 Å². The first-order valence-electron chi connectivity index (χ1n) is 7.03. The molecule has 3 rings (SSSR count). The molecule has 2 aromatic heterocycles. The molecule has 0 bridgehead atoms. The minimum Gasteiger partial charge on any atom is -0.321 e. The average Bonchev–Trinajstić information content (AvgIpc) is 3.02. The van der Waals surface area contributed by atoms with Crippen LogP contribution in [0.5, 0.6) is 0 Å². The van der Waals surface area contributed by atoms with Gasteiger partial charge in [0.1, 0.15) is 5.02 Å². The van der Waals surface area contributed by atoms with Crippen molar-refractivity contribution in [3.8, 4) is 5.69 Å². The first-order chi connectivity index (χ1) is 11.8. The standard InChI is InChI=1S/C16H11Cl3N4O2/c1-22-8-11(5-13(19)16(22)25)21-15(24)9-6-20-23(7-9)14-3-2-10(17)4-12(14)18/h2-8H,1H3,(H,21,24). The smallest absolute Gasteiger partial charge is 0.269 e. The molecule has 0 unspecified atom stereocenters. The first-order valence-corrected chi connectivity index (χ1v) is 8.16. The van der Waals surface area contributed by atoms with Crippen LogP contribution < -0.4 is 10.9 Å². The monoisotopic (exact) mass is 396 g/mol. The van der Waals surface area contributed by atoms with Crippen LogP contribution in [0.2, 0.25) is 15.1 Å². The Kier molecular flexibility index (Phi) is 4.85. The topological polar surface area (TPSA) is 68.9 Å². The van der Waals surface area contributed by atoms with Crippen molar-refractivity contribution in [3.05, 3.63) is 73.8 Å². The van der Waals surface area contributed by atoms with Gasteiger partial charge in [-0.1, -0.05) is 34.8 Å². The highest BCUT2D eigenvalue weighted by molar-refractivity contribution is 6.35. The van der Waals surface area contributed by atoms with E-state index in [1.165, 1.54) is 33.9 Å². The third-order valence-electron chi connectivity index (χ3n) is 3.40. The predicted octanol–water partition coefficient (Wildman–Crippen LogP) is 3.78. The zero-order valence-electron chi connectivity index (χ0n) is 12.8. The zero-order valence-corrected chi connectivity index (χ0v) is 15.1. The van der Waals surface area contributed by atoms with Crippen molar-refractivity contribution < 1.29 is 4.79 Å². The van der Waals surface area contributed by atoms with Crippen molar-refractivity contribution >= 4 is 46.4 Å². The summed E-state index contributed by atoms with van der Waals surface area (Å²) >= 11 is 17.8. The second-order valence-corrected chi connectivity index (χ2v) is 6.47. The molecule has 1 N–H and O–H groups in total. The molecule has 0 saturated carbocycles. The summed E-state index contributed by atoms with van der Waals surface area (Å²) < 4.78 is 2.76. The van der Waals surface area contributed by atoms with Crippen molar-refractivity contribution in [1.29, 1.82) is 0 Å². The first kappa shape index (κ1) is 17.5. The molecule has 0 atom stereocenters. The minimum atomic E-state index is -0.397. The molecule has 1 amide bonds. The van der Waals surface area contributed by atoms with Gasteiger partial charge >= 0.3 is 0 Å². The van der Waals surface area contributed by atoms with Gasteiger partial charge in [-0.05, 0) is 24.3 Å². The number of hydrogen-bond acceptors (Lipinski definition) is 3. The van der Waals surface area contributed by atoms with Gasteiger partial charge in [-0.25, -0.2) is 4.68 Å². The van der Waals surface area contributed by atoms with E-state index in [-0.39, 0.29) is 10.6 Å². The van der Waals surface area contributed by atoms with Gasteiger partial charge in [-0.3, -0.25) is 9.59 Å². The third kappa shape index (κ3) is 3.71. The summed E-state index contributed by atoms with van der Waals surface area (Å²) in [7, 11) is 1.55. The number of aryl methyl sites for hydroxylation is 1. The van der Waals surface area contributed by atoms with Crippen molar-refractivity contribution in [2.75, 3.05) is 5.32 Å². The highest BCUT2D eigenvalue weighted by Crippen LogP contribution is 2.24. The maximum atomic E-state index is 12.4. The Morgan fingerprint density at radius 2 is 1.88 bits per heavy atom. The van der Waals surface area contributed by atoms with Gasteiger partial charge < -0.3 is 9.88 Å². The van der Waals surface area contributed by atoms with Crippen LogP contribution in [0.1, 0.15) is 10.4 Å². The molecule has 0 spiro atoms. The molecular formula is C16H11Cl3N4O2. The molecule has 3 aromatic rings. The maximum absolute atomic E-state index is 12.4. The van der Waals surface area contributed by atoms with Crippen molar-refractivity contribution in [1.82, 2.24) is 14.3 Å². The number of amides is 1. The highest BCUT2D eigenvalue weighted by Gasteiger charge is 2.13. The summed E-state index contributed by atoms with van der Waals surface area (Å²) in [5, 5.41) is 7.73. The van der Waals surface area contributed by atoms with E-state index in [0.717, 1.165) is 0 Å². The van der Waals surface area contributed by atoms with E-state index in [0.29, 0.717) is 27.0 Å². The lowest BCUT2D eigenvalue weighted by atomic mass is 10.3. The Morgan fingerprint density at radius 3 is 2.56 bits per heavy atom. The van der Waals surface area contributed by atoms with E-state index < -0.39 is 5.91 Å². The van der Waals surface area contributed by atoms with Gasteiger partial charge in [0.2, 0.25) is 0 Å². The lowest BCUT2D eigenvalue weighted by Gasteiger charge is -2.06. The molecule has 6 nitrogen and oxygen atoms in total. The Hall–Kier alpha value is -2.28. The Balaban J connectivity index is 1.85. The van der Waals surface area contributed by atoms with E-state index in [2.05, 4.69) is 10.4 Å². The predicted molar refractivity (Wildman–Crippen MR) is 98.2 cm³/mol. The van der Waals surface area contributed by atoms with Gasteiger partial charge in [0.25, 0.3) is 11.5 Å². The molecule has 0 fully saturated rings. The van der Waals surface area contributed by atoms with Gasteiger partial charge in [0, 0.05) is 24.5 Å². The van der Waals surface area contributed by atoms with E-state index in [4.69, 9.17) is 34.8 Å². The number of carbonyl (C=O) groups excluding carboxylic acids is 1. The largest absolute Gasteiger partial charge is 0.321 e. The fraction of sp³-hybridized carbons (Fsp3) is 0.0625. The van der Waals surface area contributed by atoms with Crippen LogP contribution in [0.15, 0.2) is 47.7 Å².